The van der Waals surface area contributed by atoms with E-state index in [1.54, 1.807) is 13.2 Å². The van der Waals surface area contributed by atoms with Gasteiger partial charge in [-0.15, -0.1) is 0 Å². The molecule has 19 heavy (non-hydrogen) atoms. The molecule has 0 aliphatic carbocycles. The number of carbonyl (C=O) groups excluding carboxylic acids is 1. The Morgan fingerprint density at radius 3 is 3.00 bits per heavy atom. The van der Waals surface area contributed by atoms with Crippen LogP contribution in [-0.4, -0.2) is 55.9 Å². The highest BCUT2D eigenvalue weighted by atomic mass is 16.5. The predicted octanol–water partition coefficient (Wildman–Crippen LogP) is 0.763. The smallest absolute Gasteiger partial charge is 0.273 e. The molecule has 0 spiro atoms. The fraction of sp³-hybridized carbons (Fsp3) is 0.692. The third kappa shape index (κ3) is 4.33. The molecule has 1 fully saturated rings. The Bertz CT molecular complexity index is 372. The van der Waals surface area contributed by atoms with E-state index >= 15 is 0 Å². The topological polar surface area (TPSA) is 67.6 Å². The third-order valence-corrected chi connectivity index (χ3v) is 3.54. The van der Waals surface area contributed by atoms with Gasteiger partial charge in [-0.05, 0) is 31.8 Å². The van der Waals surface area contributed by atoms with Crippen molar-refractivity contribution in [3.05, 3.63) is 18.0 Å². The van der Waals surface area contributed by atoms with Gasteiger partial charge in [0.2, 0.25) is 0 Å². The van der Waals surface area contributed by atoms with E-state index in [2.05, 4.69) is 19.9 Å². The van der Waals surface area contributed by atoms with Gasteiger partial charge in [0.1, 0.15) is 6.26 Å². The second-order valence-corrected chi connectivity index (χ2v) is 4.87. The normalized spacial score (nSPS) is 17.5. The molecule has 0 bridgehead atoms. The summed E-state index contributed by atoms with van der Waals surface area (Å²) in [6.45, 7) is 4.65. The fourth-order valence-corrected chi connectivity index (χ4v) is 2.29. The van der Waals surface area contributed by atoms with Gasteiger partial charge in [-0.3, -0.25) is 4.79 Å². The Morgan fingerprint density at radius 1 is 1.58 bits per heavy atom. The van der Waals surface area contributed by atoms with Crippen molar-refractivity contribution in [1.82, 2.24) is 15.4 Å². The van der Waals surface area contributed by atoms with Gasteiger partial charge in [-0.25, -0.2) is 0 Å². The van der Waals surface area contributed by atoms with Crippen molar-refractivity contribution in [2.75, 3.05) is 39.9 Å². The number of likely N-dealkylation sites (tertiary alicyclic amines) is 1. The summed E-state index contributed by atoms with van der Waals surface area (Å²) in [7, 11) is 1.73. The lowest BCUT2D eigenvalue weighted by Gasteiger charge is -2.31. The fourth-order valence-electron chi connectivity index (χ4n) is 2.29. The predicted molar refractivity (Wildman–Crippen MR) is 69.9 cm³/mol. The van der Waals surface area contributed by atoms with Crippen LogP contribution in [0.3, 0.4) is 0 Å². The number of aromatic nitrogens is 1. The van der Waals surface area contributed by atoms with Crippen LogP contribution in [0.2, 0.25) is 0 Å². The number of ether oxygens (including phenoxy) is 1. The molecule has 1 aliphatic rings. The minimum absolute atomic E-state index is 0.157. The molecule has 6 nitrogen and oxygen atoms in total. The van der Waals surface area contributed by atoms with Crippen LogP contribution in [0.25, 0.3) is 0 Å². The molecule has 1 aliphatic heterocycles. The SMILES string of the molecule is COCCN1CCC(CNC(=O)c2ccon2)CC1. The van der Waals surface area contributed by atoms with E-state index < -0.39 is 0 Å². The summed E-state index contributed by atoms with van der Waals surface area (Å²) in [6.07, 6.45) is 3.63. The van der Waals surface area contributed by atoms with Crippen LogP contribution in [0.15, 0.2) is 16.9 Å². The van der Waals surface area contributed by atoms with Gasteiger partial charge in [0.25, 0.3) is 5.91 Å². The average molecular weight is 267 g/mol. The van der Waals surface area contributed by atoms with Crippen molar-refractivity contribution in [2.45, 2.75) is 12.8 Å². The van der Waals surface area contributed by atoms with Gasteiger partial charge in [0.05, 0.1) is 6.61 Å². The Kier molecular flexibility index (Phi) is 5.35. The van der Waals surface area contributed by atoms with Crippen LogP contribution in [-0.2, 0) is 4.74 Å². The maximum atomic E-state index is 11.7. The second-order valence-electron chi connectivity index (χ2n) is 4.87. The number of amides is 1. The summed E-state index contributed by atoms with van der Waals surface area (Å²) in [5.74, 6) is 0.394. The van der Waals surface area contributed by atoms with Crippen LogP contribution in [0.4, 0.5) is 0 Å². The van der Waals surface area contributed by atoms with E-state index in [0.29, 0.717) is 18.2 Å². The highest BCUT2D eigenvalue weighted by Gasteiger charge is 2.19. The number of carbonyl (C=O) groups is 1. The van der Waals surface area contributed by atoms with Crippen LogP contribution < -0.4 is 5.32 Å². The molecule has 1 aromatic heterocycles. The zero-order valence-electron chi connectivity index (χ0n) is 11.3. The number of hydrogen-bond donors (Lipinski definition) is 1. The largest absolute Gasteiger partial charge is 0.383 e. The molecule has 106 valence electrons. The van der Waals surface area contributed by atoms with Crippen molar-refractivity contribution in [3.8, 4) is 0 Å². The molecule has 1 amide bonds. The summed E-state index contributed by atoms with van der Waals surface area (Å²) in [4.78, 5) is 14.1. The maximum absolute atomic E-state index is 11.7. The lowest BCUT2D eigenvalue weighted by molar-refractivity contribution is 0.0917. The number of piperidine rings is 1. The van der Waals surface area contributed by atoms with Crippen molar-refractivity contribution >= 4 is 5.91 Å². The zero-order chi connectivity index (χ0) is 13.5. The summed E-state index contributed by atoms with van der Waals surface area (Å²) in [5, 5.41) is 6.52. The van der Waals surface area contributed by atoms with Gasteiger partial charge in [-0.1, -0.05) is 5.16 Å². The monoisotopic (exact) mass is 267 g/mol. The number of nitrogens with one attached hydrogen (secondary N) is 1. The first-order chi connectivity index (χ1) is 9.29. The second kappa shape index (κ2) is 7.25. The molecular weight excluding hydrogens is 246 g/mol. The third-order valence-electron chi connectivity index (χ3n) is 3.54. The summed E-state index contributed by atoms with van der Waals surface area (Å²) >= 11 is 0. The standard InChI is InChI=1S/C13H21N3O3/c1-18-9-7-16-5-2-11(3-6-16)10-14-13(17)12-4-8-19-15-12/h4,8,11H,2-3,5-7,9-10H2,1H3,(H,14,17). The number of methoxy groups -OCH3 is 1. The summed E-state index contributed by atoms with van der Waals surface area (Å²) in [5.41, 5.74) is 0.345. The highest BCUT2D eigenvalue weighted by molar-refractivity contribution is 5.91. The zero-order valence-corrected chi connectivity index (χ0v) is 11.3. The van der Waals surface area contributed by atoms with Gasteiger partial charge in [-0.2, -0.15) is 0 Å². The van der Waals surface area contributed by atoms with E-state index in [1.165, 1.54) is 6.26 Å². The Morgan fingerprint density at radius 2 is 2.37 bits per heavy atom. The molecule has 0 radical (unpaired) electrons. The summed E-state index contributed by atoms with van der Waals surface area (Å²) < 4.78 is 9.73. The molecule has 1 saturated heterocycles. The minimum Gasteiger partial charge on any atom is -0.383 e. The van der Waals surface area contributed by atoms with E-state index in [0.717, 1.165) is 39.1 Å². The van der Waals surface area contributed by atoms with Crippen molar-refractivity contribution in [2.24, 2.45) is 5.92 Å². The summed E-state index contributed by atoms with van der Waals surface area (Å²) in [6, 6.07) is 1.57. The van der Waals surface area contributed by atoms with Gasteiger partial charge in [0, 0.05) is 26.3 Å². The molecule has 1 aromatic rings. The number of nitrogens with zero attached hydrogens (tertiary/aromatic N) is 2. The van der Waals surface area contributed by atoms with Crippen LogP contribution in [0.5, 0.6) is 0 Å². The van der Waals surface area contributed by atoms with Crippen LogP contribution in [0.1, 0.15) is 23.3 Å². The van der Waals surface area contributed by atoms with Crippen LogP contribution >= 0.6 is 0 Å². The van der Waals surface area contributed by atoms with E-state index in [-0.39, 0.29) is 5.91 Å². The maximum Gasteiger partial charge on any atom is 0.273 e. The van der Waals surface area contributed by atoms with Gasteiger partial charge in [0.15, 0.2) is 5.69 Å². The first-order valence-electron chi connectivity index (χ1n) is 6.69. The lowest BCUT2D eigenvalue weighted by Crippen LogP contribution is -2.39. The van der Waals surface area contributed by atoms with E-state index in [9.17, 15) is 4.79 Å². The van der Waals surface area contributed by atoms with E-state index in [1.807, 2.05) is 0 Å². The van der Waals surface area contributed by atoms with Crippen molar-refractivity contribution in [3.63, 3.8) is 0 Å². The molecule has 2 rings (SSSR count). The lowest BCUT2D eigenvalue weighted by atomic mass is 9.97. The minimum atomic E-state index is -0.157. The van der Waals surface area contributed by atoms with Gasteiger partial charge >= 0.3 is 0 Å². The van der Waals surface area contributed by atoms with E-state index in [4.69, 9.17) is 4.74 Å². The molecule has 0 saturated carbocycles. The molecule has 2 heterocycles. The Hall–Kier alpha value is -1.40. The highest BCUT2D eigenvalue weighted by Crippen LogP contribution is 2.16. The quantitative estimate of drug-likeness (QED) is 0.824. The molecular formula is C13H21N3O3. The number of rotatable bonds is 6. The first kappa shape index (κ1) is 14.0. The Balaban J connectivity index is 1.64. The van der Waals surface area contributed by atoms with Gasteiger partial charge < -0.3 is 19.5 Å². The molecule has 0 atom stereocenters. The molecule has 1 N–H and O–H groups in total. The first-order valence-corrected chi connectivity index (χ1v) is 6.69. The van der Waals surface area contributed by atoms with Crippen molar-refractivity contribution in [1.29, 1.82) is 0 Å². The number of hydrogen-bond acceptors (Lipinski definition) is 5. The molecule has 6 heteroatoms. The molecule has 0 aromatic carbocycles. The average Bonchev–Trinajstić information content (AvgIpc) is 2.98. The Labute approximate surface area is 113 Å². The van der Waals surface area contributed by atoms with Crippen molar-refractivity contribution < 1.29 is 14.1 Å². The van der Waals surface area contributed by atoms with Crippen LogP contribution in [0, 0.1) is 5.92 Å². The molecule has 0 unspecified atom stereocenters.